The highest BCUT2D eigenvalue weighted by Gasteiger charge is 2.10. The van der Waals surface area contributed by atoms with E-state index in [-0.39, 0.29) is 0 Å². The molecule has 0 bridgehead atoms. The molecule has 0 aliphatic heterocycles. The number of hydrogen-bond donors (Lipinski definition) is 1. The first-order chi connectivity index (χ1) is 12.8. The number of benzene rings is 2. The lowest BCUT2D eigenvalue weighted by Crippen LogP contribution is -2.20. The van der Waals surface area contributed by atoms with Gasteiger partial charge in [-0.05, 0) is 33.5 Å². The van der Waals surface area contributed by atoms with E-state index >= 15 is 0 Å². The first kappa shape index (κ1) is 16.4. The maximum absolute atomic E-state index is 4.17. The van der Waals surface area contributed by atoms with E-state index in [9.17, 15) is 0 Å². The minimum absolute atomic E-state index is 0.445. The molecule has 5 heteroatoms. The maximum Gasteiger partial charge on any atom is 0.183 e. The van der Waals surface area contributed by atoms with Gasteiger partial charge in [0.05, 0.1) is 0 Å². The van der Waals surface area contributed by atoms with Gasteiger partial charge in [-0.3, -0.25) is 0 Å². The second-order valence-corrected chi connectivity index (χ2v) is 6.51. The normalized spacial score (nSPS) is 12.3. The molecule has 0 amide bonds. The Morgan fingerprint density at radius 3 is 2.46 bits per heavy atom. The molecule has 26 heavy (non-hydrogen) atoms. The summed E-state index contributed by atoms with van der Waals surface area (Å²) in [6.45, 7) is 3.85. The summed E-state index contributed by atoms with van der Waals surface area (Å²) in [5.41, 5.74) is 5.50. The predicted molar refractivity (Wildman–Crippen MR) is 103 cm³/mol. The molecule has 1 atom stereocenters. The van der Waals surface area contributed by atoms with Gasteiger partial charge in [-0.2, -0.15) is 4.52 Å². The van der Waals surface area contributed by atoms with Gasteiger partial charge in [-0.25, -0.2) is 0 Å². The zero-order valence-corrected chi connectivity index (χ0v) is 14.7. The molecule has 0 saturated heterocycles. The molecule has 0 aliphatic carbocycles. The van der Waals surface area contributed by atoms with Crippen LogP contribution in [-0.4, -0.2) is 26.6 Å². The minimum Gasteiger partial charge on any atom is -0.312 e. The number of hydrogen-bond acceptors (Lipinski definition) is 4. The Hall–Kier alpha value is -3.05. The molecule has 2 heterocycles. The summed E-state index contributed by atoms with van der Waals surface area (Å²) in [5.74, 6) is 0.445. The molecule has 2 aromatic carbocycles. The summed E-state index contributed by atoms with van der Waals surface area (Å²) in [5, 5.41) is 15.6. The quantitative estimate of drug-likeness (QED) is 0.580. The van der Waals surface area contributed by atoms with Crippen molar-refractivity contribution in [2.45, 2.75) is 19.4 Å². The molecule has 5 nitrogen and oxygen atoms in total. The van der Waals surface area contributed by atoms with Gasteiger partial charge in [0, 0.05) is 30.4 Å². The minimum atomic E-state index is 0.445. The van der Waals surface area contributed by atoms with E-state index in [4.69, 9.17) is 0 Å². The van der Waals surface area contributed by atoms with E-state index in [1.165, 1.54) is 5.56 Å². The number of pyridine rings is 1. The van der Waals surface area contributed by atoms with E-state index in [1.54, 1.807) is 4.52 Å². The van der Waals surface area contributed by atoms with Crippen LogP contribution in [0.2, 0.25) is 0 Å². The Bertz CT molecular complexity index is 979. The SMILES string of the molecule is CC(CNCc1cc(-c2ccccc2)cn2nnnc12)c1ccccc1. The molecule has 1 N–H and O–H groups in total. The summed E-state index contributed by atoms with van der Waals surface area (Å²) in [6.07, 6.45) is 1.97. The summed E-state index contributed by atoms with van der Waals surface area (Å²) >= 11 is 0. The second-order valence-electron chi connectivity index (χ2n) is 6.51. The van der Waals surface area contributed by atoms with Crippen LogP contribution in [0.15, 0.2) is 72.9 Å². The van der Waals surface area contributed by atoms with Crippen LogP contribution in [-0.2, 0) is 6.54 Å². The fourth-order valence-corrected chi connectivity index (χ4v) is 3.15. The van der Waals surface area contributed by atoms with Crippen molar-refractivity contribution >= 4 is 5.65 Å². The average Bonchev–Trinajstić information content (AvgIpc) is 3.18. The lowest BCUT2D eigenvalue weighted by molar-refractivity contribution is 0.615. The van der Waals surface area contributed by atoms with E-state index < -0.39 is 0 Å². The Morgan fingerprint density at radius 2 is 1.69 bits per heavy atom. The number of nitrogens with one attached hydrogen (secondary N) is 1. The van der Waals surface area contributed by atoms with Crippen molar-refractivity contribution in [3.05, 3.63) is 84.1 Å². The van der Waals surface area contributed by atoms with Crippen LogP contribution in [0.1, 0.15) is 24.0 Å². The molecular weight excluding hydrogens is 322 g/mol. The first-order valence-electron chi connectivity index (χ1n) is 8.83. The average molecular weight is 343 g/mol. The zero-order chi connectivity index (χ0) is 17.8. The van der Waals surface area contributed by atoms with Crippen LogP contribution in [0.25, 0.3) is 16.8 Å². The van der Waals surface area contributed by atoms with Crippen LogP contribution in [0.5, 0.6) is 0 Å². The van der Waals surface area contributed by atoms with Crippen molar-refractivity contribution in [2.75, 3.05) is 6.54 Å². The van der Waals surface area contributed by atoms with Crippen molar-refractivity contribution in [1.29, 1.82) is 0 Å². The summed E-state index contributed by atoms with van der Waals surface area (Å²) in [7, 11) is 0. The molecule has 0 saturated carbocycles. The summed E-state index contributed by atoms with van der Waals surface area (Å²) in [6, 6.07) is 23.0. The van der Waals surface area contributed by atoms with Crippen LogP contribution >= 0.6 is 0 Å². The monoisotopic (exact) mass is 343 g/mol. The van der Waals surface area contributed by atoms with E-state index in [2.05, 4.69) is 70.2 Å². The van der Waals surface area contributed by atoms with E-state index in [0.717, 1.165) is 35.4 Å². The van der Waals surface area contributed by atoms with Gasteiger partial charge >= 0.3 is 0 Å². The van der Waals surface area contributed by atoms with Gasteiger partial charge in [0.2, 0.25) is 0 Å². The molecule has 2 aromatic heterocycles. The fourth-order valence-electron chi connectivity index (χ4n) is 3.15. The molecule has 0 aliphatic rings. The molecule has 4 aromatic rings. The molecule has 0 radical (unpaired) electrons. The number of aromatic nitrogens is 4. The first-order valence-corrected chi connectivity index (χ1v) is 8.83. The highest BCUT2D eigenvalue weighted by Crippen LogP contribution is 2.22. The maximum atomic E-state index is 4.17. The third-order valence-electron chi connectivity index (χ3n) is 4.61. The zero-order valence-electron chi connectivity index (χ0n) is 14.7. The van der Waals surface area contributed by atoms with E-state index in [1.807, 2.05) is 30.5 Å². The number of rotatable bonds is 6. The third-order valence-corrected chi connectivity index (χ3v) is 4.61. The third kappa shape index (κ3) is 3.48. The molecule has 130 valence electrons. The Labute approximate surface area is 152 Å². The molecular formula is C21H21N5. The van der Waals surface area contributed by atoms with Crippen molar-refractivity contribution in [2.24, 2.45) is 0 Å². The molecule has 1 unspecified atom stereocenters. The van der Waals surface area contributed by atoms with Crippen LogP contribution in [0.4, 0.5) is 0 Å². The highest BCUT2D eigenvalue weighted by atomic mass is 15.5. The van der Waals surface area contributed by atoms with Crippen molar-refractivity contribution in [3.8, 4) is 11.1 Å². The van der Waals surface area contributed by atoms with Crippen molar-refractivity contribution in [1.82, 2.24) is 25.4 Å². The molecule has 0 spiro atoms. The topological polar surface area (TPSA) is 55.1 Å². The van der Waals surface area contributed by atoms with Gasteiger partial charge in [-0.15, -0.1) is 5.10 Å². The Balaban J connectivity index is 1.53. The predicted octanol–water partition coefficient (Wildman–Crippen LogP) is 3.68. The lowest BCUT2D eigenvalue weighted by Gasteiger charge is -2.14. The van der Waals surface area contributed by atoms with Gasteiger partial charge in [0.15, 0.2) is 5.65 Å². The Kier molecular flexibility index (Phi) is 4.71. The second kappa shape index (κ2) is 7.45. The van der Waals surface area contributed by atoms with Crippen molar-refractivity contribution < 1.29 is 0 Å². The molecule has 0 fully saturated rings. The van der Waals surface area contributed by atoms with Crippen molar-refractivity contribution in [3.63, 3.8) is 0 Å². The highest BCUT2D eigenvalue weighted by molar-refractivity contribution is 5.66. The van der Waals surface area contributed by atoms with Crippen LogP contribution < -0.4 is 5.32 Å². The largest absolute Gasteiger partial charge is 0.312 e. The van der Waals surface area contributed by atoms with Gasteiger partial charge in [0.25, 0.3) is 0 Å². The van der Waals surface area contributed by atoms with E-state index in [0.29, 0.717) is 5.92 Å². The number of fused-ring (bicyclic) bond motifs is 1. The van der Waals surface area contributed by atoms with Gasteiger partial charge < -0.3 is 5.32 Å². The van der Waals surface area contributed by atoms with Crippen LogP contribution in [0.3, 0.4) is 0 Å². The Morgan fingerprint density at radius 1 is 0.962 bits per heavy atom. The number of tetrazole rings is 1. The molecule has 4 rings (SSSR count). The summed E-state index contributed by atoms with van der Waals surface area (Å²) < 4.78 is 1.75. The van der Waals surface area contributed by atoms with Gasteiger partial charge in [-0.1, -0.05) is 67.6 Å². The summed E-state index contributed by atoms with van der Waals surface area (Å²) in [4.78, 5) is 0. The smallest absolute Gasteiger partial charge is 0.183 e. The number of nitrogens with zero attached hydrogens (tertiary/aromatic N) is 4. The van der Waals surface area contributed by atoms with Crippen LogP contribution in [0, 0.1) is 0 Å². The van der Waals surface area contributed by atoms with Gasteiger partial charge in [0.1, 0.15) is 0 Å². The lowest BCUT2D eigenvalue weighted by atomic mass is 10.0. The standard InChI is InChI=1S/C21H21N5/c1-16(17-8-4-2-5-9-17)13-22-14-19-12-20(18-10-6-3-7-11-18)15-26-21(19)23-24-25-26/h2-12,15-16,22H,13-14H2,1H3. The fraction of sp³-hybridized carbons (Fsp3) is 0.190.